The summed E-state index contributed by atoms with van der Waals surface area (Å²) in [5.74, 6) is -0.227. The Balaban J connectivity index is 2.46. The molecule has 1 amide bonds. The number of alkyl halides is 3. The molecule has 0 bridgehead atoms. The number of hydrogen-bond acceptors (Lipinski definition) is 1. The fraction of sp³-hybridized carbons (Fsp3) is 0.182. The lowest BCUT2D eigenvalue weighted by Crippen LogP contribution is -2.10. The predicted octanol–water partition coefficient (Wildman–Crippen LogP) is 3.06. The highest BCUT2D eigenvalue weighted by atomic mass is 19.4. The van der Waals surface area contributed by atoms with Gasteiger partial charge in [-0.05, 0) is 23.8 Å². The van der Waals surface area contributed by atoms with Gasteiger partial charge < -0.3 is 5.32 Å². The Morgan fingerprint density at radius 3 is 2.69 bits per heavy atom. The van der Waals surface area contributed by atoms with E-state index in [1.165, 1.54) is 12.1 Å². The molecule has 0 radical (unpaired) electrons. The third kappa shape index (κ3) is 2.08. The lowest BCUT2D eigenvalue weighted by Gasteiger charge is -2.10. The molecule has 0 spiro atoms. The molecular formula is C11H8F3NO. The molecule has 1 aromatic carbocycles. The van der Waals surface area contributed by atoms with Gasteiger partial charge in [0, 0.05) is 12.1 Å². The molecule has 2 nitrogen and oxygen atoms in total. The lowest BCUT2D eigenvalue weighted by molar-refractivity contribution is -0.137. The van der Waals surface area contributed by atoms with Crippen LogP contribution in [0.15, 0.2) is 24.3 Å². The summed E-state index contributed by atoms with van der Waals surface area (Å²) in [7, 11) is 0. The number of carbonyl (C=O) groups is 1. The Hall–Kier alpha value is -1.78. The first-order valence-corrected chi connectivity index (χ1v) is 4.64. The molecule has 0 saturated heterocycles. The fourth-order valence-corrected chi connectivity index (χ4v) is 1.48. The molecule has 2 rings (SSSR count). The van der Waals surface area contributed by atoms with Crippen LogP contribution in [-0.2, 0) is 11.0 Å². The lowest BCUT2D eigenvalue weighted by atomic mass is 10.1. The van der Waals surface area contributed by atoms with Crippen LogP contribution in [0.25, 0.3) is 6.08 Å². The summed E-state index contributed by atoms with van der Waals surface area (Å²) in [6.45, 7) is 0. The van der Waals surface area contributed by atoms with Gasteiger partial charge in [-0.1, -0.05) is 12.2 Å². The molecule has 1 heterocycles. The third-order valence-corrected chi connectivity index (χ3v) is 2.25. The van der Waals surface area contributed by atoms with Crippen molar-refractivity contribution in [1.82, 2.24) is 0 Å². The molecule has 0 saturated carbocycles. The van der Waals surface area contributed by atoms with Crippen LogP contribution in [0.2, 0.25) is 0 Å². The van der Waals surface area contributed by atoms with E-state index in [1.807, 2.05) is 0 Å². The summed E-state index contributed by atoms with van der Waals surface area (Å²) in [6, 6.07) is 3.25. The Morgan fingerprint density at radius 2 is 2.00 bits per heavy atom. The van der Waals surface area contributed by atoms with Gasteiger partial charge in [0.2, 0.25) is 5.91 Å². The van der Waals surface area contributed by atoms with E-state index >= 15 is 0 Å². The molecule has 0 aromatic heterocycles. The average molecular weight is 227 g/mol. The molecule has 1 aromatic rings. The van der Waals surface area contributed by atoms with Gasteiger partial charge in [-0.2, -0.15) is 13.2 Å². The highest BCUT2D eigenvalue weighted by Gasteiger charge is 2.30. The van der Waals surface area contributed by atoms with Crippen LogP contribution in [-0.4, -0.2) is 5.91 Å². The number of carbonyl (C=O) groups excluding carboxylic acids is 1. The molecule has 0 atom stereocenters. The number of hydrogen-bond donors (Lipinski definition) is 1. The Morgan fingerprint density at radius 1 is 1.25 bits per heavy atom. The van der Waals surface area contributed by atoms with Crippen molar-refractivity contribution in [3.05, 3.63) is 35.4 Å². The molecule has 16 heavy (non-hydrogen) atoms. The van der Waals surface area contributed by atoms with Crippen molar-refractivity contribution < 1.29 is 18.0 Å². The maximum Gasteiger partial charge on any atom is 0.416 e. The van der Waals surface area contributed by atoms with E-state index in [0.29, 0.717) is 11.3 Å². The first-order valence-electron chi connectivity index (χ1n) is 4.64. The van der Waals surface area contributed by atoms with E-state index in [2.05, 4.69) is 5.32 Å². The van der Waals surface area contributed by atoms with Gasteiger partial charge in [0.25, 0.3) is 0 Å². The normalized spacial score (nSPS) is 15.3. The van der Waals surface area contributed by atoms with Gasteiger partial charge in [0.05, 0.1) is 5.56 Å². The maximum absolute atomic E-state index is 12.4. The second-order valence-electron chi connectivity index (χ2n) is 3.45. The first-order chi connectivity index (χ1) is 7.47. The average Bonchev–Trinajstić information content (AvgIpc) is 2.35. The highest BCUT2D eigenvalue weighted by Crippen LogP contribution is 2.32. The summed E-state index contributed by atoms with van der Waals surface area (Å²) in [6.07, 6.45) is -1.13. The minimum absolute atomic E-state index is 0.177. The van der Waals surface area contributed by atoms with Gasteiger partial charge >= 0.3 is 6.18 Å². The van der Waals surface area contributed by atoms with Crippen LogP contribution in [0.3, 0.4) is 0 Å². The smallest absolute Gasteiger partial charge is 0.325 e. The van der Waals surface area contributed by atoms with Crippen LogP contribution in [0.1, 0.15) is 17.5 Å². The first kappa shape index (κ1) is 10.7. The molecule has 1 aliphatic heterocycles. The summed E-state index contributed by atoms with van der Waals surface area (Å²) < 4.78 is 37.3. The van der Waals surface area contributed by atoms with Crippen molar-refractivity contribution in [2.75, 3.05) is 5.32 Å². The van der Waals surface area contributed by atoms with Gasteiger partial charge in [-0.3, -0.25) is 4.79 Å². The van der Waals surface area contributed by atoms with Gasteiger partial charge in [0.1, 0.15) is 0 Å². The largest absolute Gasteiger partial charge is 0.416 e. The molecule has 5 heteroatoms. The van der Waals surface area contributed by atoms with Crippen LogP contribution in [0.4, 0.5) is 18.9 Å². The highest BCUT2D eigenvalue weighted by molar-refractivity contribution is 5.96. The summed E-state index contributed by atoms with van der Waals surface area (Å²) in [5.41, 5.74) is 0.0690. The van der Waals surface area contributed by atoms with E-state index < -0.39 is 11.7 Å². The van der Waals surface area contributed by atoms with Crippen molar-refractivity contribution in [3.63, 3.8) is 0 Å². The van der Waals surface area contributed by atoms with E-state index in [1.54, 1.807) is 6.08 Å². The van der Waals surface area contributed by atoms with E-state index in [-0.39, 0.29) is 12.3 Å². The third-order valence-electron chi connectivity index (χ3n) is 2.25. The van der Waals surface area contributed by atoms with Crippen molar-refractivity contribution in [3.8, 4) is 0 Å². The number of benzene rings is 1. The van der Waals surface area contributed by atoms with Crippen LogP contribution < -0.4 is 5.32 Å². The zero-order valence-electron chi connectivity index (χ0n) is 8.14. The van der Waals surface area contributed by atoms with Crippen LogP contribution >= 0.6 is 0 Å². The van der Waals surface area contributed by atoms with Crippen molar-refractivity contribution >= 4 is 17.7 Å². The van der Waals surface area contributed by atoms with E-state index in [0.717, 1.165) is 12.1 Å². The molecule has 0 aliphatic carbocycles. The Kier molecular flexibility index (Phi) is 2.46. The summed E-state index contributed by atoms with van der Waals surface area (Å²) in [5, 5.41) is 2.53. The van der Waals surface area contributed by atoms with Crippen molar-refractivity contribution in [2.45, 2.75) is 12.6 Å². The van der Waals surface area contributed by atoms with Crippen molar-refractivity contribution in [2.24, 2.45) is 0 Å². The van der Waals surface area contributed by atoms with E-state index in [4.69, 9.17) is 0 Å². The Labute approximate surface area is 89.8 Å². The zero-order chi connectivity index (χ0) is 11.8. The number of anilines is 1. The SMILES string of the molecule is O=C1CC=Cc2cc(C(F)(F)F)ccc2N1. The number of nitrogens with one attached hydrogen (secondary N) is 1. The minimum atomic E-state index is -4.36. The molecule has 1 aliphatic rings. The fourth-order valence-electron chi connectivity index (χ4n) is 1.48. The number of amides is 1. The molecular weight excluding hydrogens is 219 g/mol. The van der Waals surface area contributed by atoms with E-state index in [9.17, 15) is 18.0 Å². The van der Waals surface area contributed by atoms with Gasteiger partial charge in [0.15, 0.2) is 0 Å². The standard InChI is InChI=1S/C11H8F3NO/c12-11(13,14)8-4-5-9-7(6-8)2-1-3-10(16)15-9/h1-2,4-6H,3H2,(H,15,16). The minimum Gasteiger partial charge on any atom is -0.325 e. The monoisotopic (exact) mass is 227 g/mol. The molecule has 1 N–H and O–H groups in total. The van der Waals surface area contributed by atoms with Crippen molar-refractivity contribution in [1.29, 1.82) is 0 Å². The molecule has 0 unspecified atom stereocenters. The summed E-state index contributed by atoms with van der Waals surface area (Å²) in [4.78, 5) is 11.1. The topological polar surface area (TPSA) is 29.1 Å². The predicted molar refractivity (Wildman–Crippen MR) is 53.7 cm³/mol. The van der Waals surface area contributed by atoms with Gasteiger partial charge in [-0.25, -0.2) is 0 Å². The quantitative estimate of drug-likeness (QED) is 0.725. The second-order valence-corrected chi connectivity index (χ2v) is 3.45. The van der Waals surface area contributed by atoms with Crippen LogP contribution in [0, 0.1) is 0 Å². The summed E-state index contributed by atoms with van der Waals surface area (Å²) >= 11 is 0. The molecule has 84 valence electrons. The molecule has 0 fully saturated rings. The van der Waals surface area contributed by atoms with Gasteiger partial charge in [-0.15, -0.1) is 0 Å². The van der Waals surface area contributed by atoms with Crippen LogP contribution in [0.5, 0.6) is 0 Å². The second kappa shape index (κ2) is 3.66. The number of halogens is 3. The number of fused-ring (bicyclic) bond motifs is 1. The maximum atomic E-state index is 12.4. The number of rotatable bonds is 0. The Bertz CT molecular complexity index is 463. The zero-order valence-corrected chi connectivity index (χ0v) is 8.14.